The van der Waals surface area contributed by atoms with E-state index in [1.54, 1.807) is 30.6 Å². The fourth-order valence-corrected chi connectivity index (χ4v) is 1.13. The van der Waals surface area contributed by atoms with Crippen molar-refractivity contribution in [2.24, 2.45) is 0 Å². The molecule has 2 rings (SSSR count). The highest BCUT2D eigenvalue weighted by Crippen LogP contribution is 2.25. The molecule has 0 fully saturated rings. The maximum Gasteiger partial charge on any atom is 0.219 e. The second-order valence-corrected chi connectivity index (χ2v) is 2.92. The SMILES string of the molecule is Clc1ncccc1Oc1ccccn1. The van der Waals surface area contributed by atoms with Gasteiger partial charge in [-0.05, 0) is 18.2 Å². The van der Waals surface area contributed by atoms with E-state index in [1.807, 2.05) is 12.1 Å². The summed E-state index contributed by atoms with van der Waals surface area (Å²) in [4.78, 5) is 7.89. The van der Waals surface area contributed by atoms with Gasteiger partial charge in [0.25, 0.3) is 0 Å². The van der Waals surface area contributed by atoms with Crippen LogP contribution in [0.25, 0.3) is 0 Å². The molecule has 4 heteroatoms. The largest absolute Gasteiger partial charge is 0.436 e. The summed E-state index contributed by atoms with van der Waals surface area (Å²) in [6.45, 7) is 0. The van der Waals surface area contributed by atoms with Gasteiger partial charge in [0.15, 0.2) is 10.9 Å². The van der Waals surface area contributed by atoms with Crippen LogP contribution in [-0.4, -0.2) is 9.97 Å². The highest BCUT2D eigenvalue weighted by atomic mass is 35.5. The molecular formula is C10H7ClN2O. The van der Waals surface area contributed by atoms with Crippen LogP contribution in [0.1, 0.15) is 0 Å². The van der Waals surface area contributed by atoms with E-state index in [0.717, 1.165) is 0 Å². The van der Waals surface area contributed by atoms with Crippen molar-refractivity contribution in [2.45, 2.75) is 0 Å². The van der Waals surface area contributed by atoms with Crippen LogP contribution >= 0.6 is 11.6 Å². The minimum Gasteiger partial charge on any atom is -0.436 e. The molecule has 0 radical (unpaired) electrons. The van der Waals surface area contributed by atoms with E-state index in [1.165, 1.54) is 0 Å². The smallest absolute Gasteiger partial charge is 0.219 e. The molecule has 0 atom stereocenters. The molecule has 2 aromatic rings. The van der Waals surface area contributed by atoms with Gasteiger partial charge in [0.2, 0.25) is 5.88 Å². The van der Waals surface area contributed by atoms with E-state index < -0.39 is 0 Å². The normalized spacial score (nSPS) is 9.79. The van der Waals surface area contributed by atoms with Crippen LogP contribution in [0.3, 0.4) is 0 Å². The molecule has 14 heavy (non-hydrogen) atoms. The van der Waals surface area contributed by atoms with Gasteiger partial charge in [-0.3, -0.25) is 0 Å². The monoisotopic (exact) mass is 206 g/mol. The predicted molar refractivity (Wildman–Crippen MR) is 53.6 cm³/mol. The van der Waals surface area contributed by atoms with Crippen LogP contribution in [0.4, 0.5) is 0 Å². The van der Waals surface area contributed by atoms with Crippen molar-refractivity contribution in [1.82, 2.24) is 9.97 Å². The van der Waals surface area contributed by atoms with E-state index in [0.29, 0.717) is 16.8 Å². The third kappa shape index (κ3) is 2.00. The molecule has 3 nitrogen and oxygen atoms in total. The molecule has 0 aliphatic rings. The van der Waals surface area contributed by atoms with Gasteiger partial charge in [-0.15, -0.1) is 0 Å². The first-order valence-electron chi connectivity index (χ1n) is 4.05. The molecule has 0 spiro atoms. The minimum absolute atomic E-state index is 0.332. The molecule has 0 N–H and O–H groups in total. The van der Waals surface area contributed by atoms with Gasteiger partial charge in [-0.25, -0.2) is 9.97 Å². The summed E-state index contributed by atoms with van der Waals surface area (Å²) in [6.07, 6.45) is 3.26. The fourth-order valence-electron chi connectivity index (χ4n) is 0.968. The Bertz CT molecular complexity index is 419. The number of halogens is 1. The van der Waals surface area contributed by atoms with E-state index in [2.05, 4.69) is 9.97 Å². The van der Waals surface area contributed by atoms with Gasteiger partial charge in [-0.2, -0.15) is 0 Å². The van der Waals surface area contributed by atoms with E-state index in [9.17, 15) is 0 Å². The van der Waals surface area contributed by atoms with Gasteiger partial charge in [-0.1, -0.05) is 17.7 Å². The fraction of sp³-hybridized carbons (Fsp3) is 0. The summed E-state index contributed by atoms with van der Waals surface area (Å²) in [7, 11) is 0. The Hall–Kier alpha value is -1.61. The number of rotatable bonds is 2. The molecule has 70 valence electrons. The molecular weight excluding hydrogens is 200 g/mol. The molecule has 0 amide bonds. The van der Waals surface area contributed by atoms with Gasteiger partial charge in [0.05, 0.1) is 0 Å². The first-order chi connectivity index (χ1) is 6.86. The lowest BCUT2D eigenvalue weighted by atomic mass is 10.4. The molecule has 2 aromatic heterocycles. The van der Waals surface area contributed by atoms with Crippen molar-refractivity contribution >= 4 is 11.6 Å². The van der Waals surface area contributed by atoms with E-state index >= 15 is 0 Å². The number of ether oxygens (including phenoxy) is 1. The lowest BCUT2D eigenvalue weighted by Gasteiger charge is -2.04. The van der Waals surface area contributed by atoms with Gasteiger partial charge in [0, 0.05) is 18.5 Å². The van der Waals surface area contributed by atoms with Crippen LogP contribution < -0.4 is 4.74 Å². The van der Waals surface area contributed by atoms with Crippen molar-refractivity contribution in [3.8, 4) is 11.6 Å². The molecule has 0 bridgehead atoms. The molecule has 0 saturated carbocycles. The van der Waals surface area contributed by atoms with Gasteiger partial charge < -0.3 is 4.74 Å². The zero-order valence-electron chi connectivity index (χ0n) is 7.22. The minimum atomic E-state index is 0.332. The lowest BCUT2D eigenvalue weighted by Crippen LogP contribution is -1.88. The van der Waals surface area contributed by atoms with E-state index in [-0.39, 0.29) is 0 Å². The van der Waals surface area contributed by atoms with Gasteiger partial charge in [0.1, 0.15) is 0 Å². The van der Waals surface area contributed by atoms with Crippen LogP contribution in [0, 0.1) is 0 Å². The number of nitrogens with zero attached hydrogens (tertiary/aromatic N) is 2. The Morgan fingerprint density at radius 3 is 2.57 bits per heavy atom. The summed E-state index contributed by atoms with van der Waals surface area (Å²) in [6, 6.07) is 8.90. The molecule has 0 unspecified atom stereocenters. The predicted octanol–water partition coefficient (Wildman–Crippen LogP) is 2.92. The third-order valence-electron chi connectivity index (χ3n) is 1.58. The van der Waals surface area contributed by atoms with Crippen molar-refractivity contribution < 1.29 is 4.74 Å². The summed E-state index contributed by atoms with van der Waals surface area (Å²) >= 11 is 5.81. The van der Waals surface area contributed by atoms with Crippen LogP contribution in [0.2, 0.25) is 5.15 Å². The lowest BCUT2D eigenvalue weighted by molar-refractivity contribution is 0.461. The Balaban J connectivity index is 2.24. The number of pyridine rings is 2. The Kier molecular flexibility index (Phi) is 2.60. The topological polar surface area (TPSA) is 35.0 Å². The van der Waals surface area contributed by atoms with Crippen molar-refractivity contribution in [3.63, 3.8) is 0 Å². The first kappa shape index (κ1) is 8.97. The molecule has 0 aliphatic heterocycles. The summed E-state index contributed by atoms with van der Waals surface area (Å²) in [5, 5.41) is 0.332. The van der Waals surface area contributed by atoms with Crippen molar-refractivity contribution in [3.05, 3.63) is 47.9 Å². The summed E-state index contributed by atoms with van der Waals surface area (Å²) in [5.41, 5.74) is 0. The Labute approximate surface area is 86.3 Å². The van der Waals surface area contributed by atoms with Crippen molar-refractivity contribution in [1.29, 1.82) is 0 Å². The molecule has 0 saturated heterocycles. The third-order valence-corrected chi connectivity index (χ3v) is 1.86. The summed E-state index contributed by atoms with van der Waals surface area (Å²) < 4.78 is 5.40. The molecule has 0 aromatic carbocycles. The standard InChI is InChI=1S/C10H7ClN2O/c11-10-8(4-3-7-13-10)14-9-5-1-2-6-12-9/h1-7H. The average Bonchev–Trinajstić information content (AvgIpc) is 2.23. The maximum atomic E-state index is 5.81. The zero-order chi connectivity index (χ0) is 9.80. The highest BCUT2D eigenvalue weighted by Gasteiger charge is 2.02. The number of hydrogen-bond donors (Lipinski definition) is 0. The average molecular weight is 207 g/mol. The maximum absolute atomic E-state index is 5.81. The van der Waals surface area contributed by atoms with Crippen LogP contribution in [0.15, 0.2) is 42.7 Å². The molecule has 0 aliphatic carbocycles. The number of hydrogen-bond acceptors (Lipinski definition) is 3. The van der Waals surface area contributed by atoms with Crippen LogP contribution in [0.5, 0.6) is 11.6 Å². The second kappa shape index (κ2) is 4.07. The van der Waals surface area contributed by atoms with Gasteiger partial charge >= 0.3 is 0 Å². The van der Waals surface area contributed by atoms with Crippen LogP contribution in [-0.2, 0) is 0 Å². The second-order valence-electron chi connectivity index (χ2n) is 2.56. The zero-order valence-corrected chi connectivity index (χ0v) is 7.98. The molecule has 2 heterocycles. The Morgan fingerprint density at radius 1 is 1.00 bits per heavy atom. The summed E-state index contributed by atoms with van der Waals surface area (Å²) in [5.74, 6) is 1.01. The highest BCUT2D eigenvalue weighted by molar-refractivity contribution is 6.30. The first-order valence-corrected chi connectivity index (χ1v) is 4.43. The number of aromatic nitrogens is 2. The van der Waals surface area contributed by atoms with E-state index in [4.69, 9.17) is 16.3 Å². The van der Waals surface area contributed by atoms with Crippen molar-refractivity contribution in [2.75, 3.05) is 0 Å². The Morgan fingerprint density at radius 2 is 1.86 bits per heavy atom. The quantitative estimate of drug-likeness (QED) is 0.709.